The van der Waals surface area contributed by atoms with Crippen LogP contribution in [0.5, 0.6) is 0 Å². The van der Waals surface area contributed by atoms with E-state index < -0.39 is 5.60 Å². The fourth-order valence-electron chi connectivity index (χ4n) is 3.47. The monoisotopic (exact) mass is 374 g/mol. The highest BCUT2D eigenvalue weighted by atomic mass is 32.1. The minimum atomic E-state index is -0.805. The van der Waals surface area contributed by atoms with Gasteiger partial charge in [-0.3, -0.25) is 0 Å². The summed E-state index contributed by atoms with van der Waals surface area (Å²) in [6.07, 6.45) is 1.46. The molecule has 1 aromatic heterocycles. The zero-order valence-corrected chi connectivity index (χ0v) is 17.0. The first kappa shape index (κ1) is 18.4. The fraction of sp³-hybridized carbons (Fsp3) is 0.632. The number of benzene rings is 1. The van der Waals surface area contributed by atoms with Gasteiger partial charge in [0.05, 0.1) is 21.4 Å². The van der Waals surface area contributed by atoms with Crippen molar-refractivity contribution in [2.45, 2.75) is 57.3 Å². The maximum atomic E-state index is 11.1. The number of fused-ring (bicyclic) bond motifs is 1. The molecule has 0 spiro atoms. The minimum Gasteiger partial charge on any atom is -0.399 e. The highest BCUT2D eigenvalue weighted by Crippen LogP contribution is 2.38. The predicted octanol–water partition coefficient (Wildman–Crippen LogP) is 2.51. The molecule has 0 amide bonds. The Balaban J connectivity index is 1.63. The average molecular weight is 374 g/mol. The van der Waals surface area contributed by atoms with Crippen molar-refractivity contribution >= 4 is 34.1 Å². The molecule has 0 radical (unpaired) electrons. The van der Waals surface area contributed by atoms with Crippen molar-refractivity contribution in [1.82, 2.24) is 9.88 Å². The van der Waals surface area contributed by atoms with Gasteiger partial charge in [0.25, 0.3) is 0 Å². The van der Waals surface area contributed by atoms with Crippen LogP contribution in [0.3, 0.4) is 0 Å². The summed E-state index contributed by atoms with van der Waals surface area (Å²) < 4.78 is 13.4. The van der Waals surface area contributed by atoms with Crippen LogP contribution in [0.15, 0.2) is 18.2 Å². The van der Waals surface area contributed by atoms with Crippen molar-refractivity contribution in [2.75, 3.05) is 20.1 Å². The normalized spacial score (nSPS) is 25.1. The van der Waals surface area contributed by atoms with Crippen molar-refractivity contribution in [2.24, 2.45) is 0 Å². The van der Waals surface area contributed by atoms with Crippen LogP contribution in [0.4, 0.5) is 0 Å². The highest BCUT2D eigenvalue weighted by molar-refractivity contribution is 7.18. The molecule has 2 fully saturated rings. The zero-order chi connectivity index (χ0) is 18.7. The Morgan fingerprint density at radius 3 is 2.35 bits per heavy atom. The summed E-state index contributed by atoms with van der Waals surface area (Å²) in [4.78, 5) is 7.03. The van der Waals surface area contributed by atoms with Gasteiger partial charge < -0.3 is 19.3 Å². The van der Waals surface area contributed by atoms with Crippen LogP contribution in [0, 0.1) is 0 Å². The van der Waals surface area contributed by atoms with Crippen LogP contribution in [0.25, 0.3) is 10.2 Å². The molecule has 1 N–H and O–H groups in total. The number of aromatic nitrogens is 1. The molecule has 0 saturated carbocycles. The van der Waals surface area contributed by atoms with Crippen LogP contribution < -0.4 is 5.46 Å². The molecule has 0 unspecified atom stereocenters. The van der Waals surface area contributed by atoms with E-state index in [-0.39, 0.29) is 18.3 Å². The van der Waals surface area contributed by atoms with E-state index in [2.05, 4.69) is 45.7 Å². The molecular weight excluding hydrogens is 347 g/mol. The first-order chi connectivity index (χ1) is 12.1. The van der Waals surface area contributed by atoms with E-state index in [1.165, 1.54) is 0 Å². The second-order valence-corrected chi connectivity index (χ2v) is 9.70. The largest absolute Gasteiger partial charge is 0.494 e. The summed E-state index contributed by atoms with van der Waals surface area (Å²) in [5.74, 6) is 0. The number of piperidine rings is 1. The Kier molecular flexibility index (Phi) is 4.25. The first-order valence-corrected chi connectivity index (χ1v) is 10.1. The minimum absolute atomic E-state index is 0.358. The smallest absolute Gasteiger partial charge is 0.399 e. The van der Waals surface area contributed by atoms with Crippen LogP contribution in [-0.2, 0) is 14.9 Å². The van der Waals surface area contributed by atoms with Crippen LogP contribution in [0.1, 0.15) is 45.5 Å². The van der Waals surface area contributed by atoms with E-state index in [1.807, 2.05) is 12.1 Å². The molecule has 140 valence electrons. The van der Waals surface area contributed by atoms with Gasteiger partial charge in [-0.2, -0.15) is 0 Å². The molecule has 2 aliphatic heterocycles. The van der Waals surface area contributed by atoms with Gasteiger partial charge in [0.15, 0.2) is 0 Å². The van der Waals surface area contributed by atoms with Gasteiger partial charge in [0.2, 0.25) is 0 Å². The second kappa shape index (κ2) is 6.01. The van der Waals surface area contributed by atoms with Crippen molar-refractivity contribution in [3.63, 3.8) is 0 Å². The molecule has 7 heteroatoms. The topological polar surface area (TPSA) is 54.8 Å². The summed E-state index contributed by atoms with van der Waals surface area (Å²) in [5.41, 5.74) is 0.361. The number of nitrogens with zero attached hydrogens (tertiary/aromatic N) is 2. The van der Waals surface area contributed by atoms with Gasteiger partial charge in [0, 0.05) is 13.1 Å². The Morgan fingerprint density at radius 2 is 1.73 bits per heavy atom. The van der Waals surface area contributed by atoms with Crippen molar-refractivity contribution in [3.05, 3.63) is 23.2 Å². The lowest BCUT2D eigenvalue weighted by Crippen LogP contribution is -2.41. The van der Waals surface area contributed by atoms with E-state index in [0.29, 0.717) is 0 Å². The second-order valence-electron chi connectivity index (χ2n) is 8.67. The first-order valence-electron chi connectivity index (χ1n) is 9.27. The summed E-state index contributed by atoms with van der Waals surface area (Å²) >= 11 is 1.59. The van der Waals surface area contributed by atoms with Crippen LogP contribution in [-0.4, -0.2) is 53.4 Å². The quantitative estimate of drug-likeness (QED) is 0.819. The number of hydrogen-bond acceptors (Lipinski definition) is 6. The molecular formula is C19H27BN2O3S. The van der Waals surface area contributed by atoms with E-state index >= 15 is 0 Å². The predicted molar refractivity (Wildman–Crippen MR) is 106 cm³/mol. The molecule has 0 aliphatic carbocycles. The molecule has 2 saturated heterocycles. The number of aliphatic hydroxyl groups is 1. The summed E-state index contributed by atoms with van der Waals surface area (Å²) in [5, 5.41) is 11.9. The van der Waals surface area contributed by atoms with E-state index in [4.69, 9.17) is 14.3 Å². The number of rotatable bonds is 2. The van der Waals surface area contributed by atoms with Gasteiger partial charge in [-0.15, -0.1) is 11.3 Å². The van der Waals surface area contributed by atoms with Gasteiger partial charge in [-0.1, -0.05) is 6.07 Å². The average Bonchev–Trinajstić information content (AvgIpc) is 3.09. The number of hydrogen-bond donors (Lipinski definition) is 1. The van der Waals surface area contributed by atoms with Crippen LogP contribution in [0.2, 0.25) is 0 Å². The third-order valence-electron chi connectivity index (χ3n) is 6.15. The SMILES string of the molecule is CN1CCC(O)(c2nc3cc(B4OC(C)(C)C(C)(C)O4)ccc3s2)CC1. The van der Waals surface area contributed by atoms with E-state index in [9.17, 15) is 5.11 Å². The number of likely N-dealkylation sites (tertiary alicyclic amines) is 1. The van der Waals surface area contributed by atoms with E-state index in [1.54, 1.807) is 11.3 Å². The Morgan fingerprint density at radius 1 is 1.12 bits per heavy atom. The lowest BCUT2D eigenvalue weighted by molar-refractivity contribution is -0.0202. The molecule has 4 rings (SSSR count). The molecule has 26 heavy (non-hydrogen) atoms. The molecule has 0 atom stereocenters. The lowest BCUT2D eigenvalue weighted by Gasteiger charge is -2.34. The third-order valence-corrected chi connectivity index (χ3v) is 7.38. The number of thiazole rings is 1. The van der Waals surface area contributed by atoms with Gasteiger partial charge >= 0.3 is 7.12 Å². The molecule has 0 bridgehead atoms. The summed E-state index contributed by atoms with van der Waals surface area (Å²) in [7, 11) is 1.70. The van der Waals surface area contributed by atoms with Crippen molar-refractivity contribution in [1.29, 1.82) is 0 Å². The highest BCUT2D eigenvalue weighted by Gasteiger charge is 2.51. The third kappa shape index (κ3) is 3.00. The molecule has 1 aromatic carbocycles. The molecule has 3 heterocycles. The summed E-state index contributed by atoms with van der Waals surface area (Å²) in [6, 6.07) is 6.15. The van der Waals surface area contributed by atoms with Gasteiger partial charge in [0.1, 0.15) is 10.6 Å². The zero-order valence-electron chi connectivity index (χ0n) is 16.2. The summed E-state index contributed by atoms with van der Waals surface area (Å²) in [6.45, 7) is 10.0. The Labute approximate surface area is 159 Å². The van der Waals surface area contributed by atoms with Crippen molar-refractivity contribution < 1.29 is 14.4 Å². The molecule has 2 aromatic rings. The Bertz CT molecular complexity index is 811. The van der Waals surface area contributed by atoms with Gasteiger partial charge in [-0.25, -0.2) is 4.98 Å². The molecule has 5 nitrogen and oxygen atoms in total. The fourth-order valence-corrected chi connectivity index (χ4v) is 4.56. The maximum absolute atomic E-state index is 11.1. The standard InChI is InChI=1S/C19H27BN2O3S/c1-17(2)18(3,4)25-20(24-17)13-6-7-15-14(12-13)21-16(26-15)19(23)8-10-22(5)11-9-19/h6-7,12,23H,8-11H2,1-5H3. The lowest BCUT2D eigenvalue weighted by atomic mass is 9.79. The maximum Gasteiger partial charge on any atom is 0.494 e. The van der Waals surface area contributed by atoms with Crippen LogP contribution >= 0.6 is 11.3 Å². The Hall–Kier alpha value is -0.985. The van der Waals surface area contributed by atoms with E-state index in [0.717, 1.165) is 46.6 Å². The van der Waals surface area contributed by atoms with Crippen molar-refractivity contribution in [3.8, 4) is 0 Å². The van der Waals surface area contributed by atoms with Gasteiger partial charge in [-0.05, 0) is 65.2 Å². The molecule has 2 aliphatic rings.